The lowest BCUT2D eigenvalue weighted by Crippen LogP contribution is -2.57. The third-order valence-electron chi connectivity index (χ3n) is 17.9. The van der Waals surface area contributed by atoms with Crippen molar-refractivity contribution in [3.05, 3.63) is 141 Å². The molecular formula is C60H68F2N8O8S. The fraction of sp³-hybridized carbons (Fsp3) is 0.467. The van der Waals surface area contributed by atoms with Crippen LogP contribution in [0.4, 0.5) is 37.2 Å². The average molecular weight is 1100 g/mol. The maximum atomic E-state index is 14.8. The molecule has 79 heavy (non-hydrogen) atoms. The Morgan fingerprint density at radius 3 is 2.47 bits per heavy atom. The van der Waals surface area contributed by atoms with E-state index in [2.05, 4.69) is 67.8 Å². The van der Waals surface area contributed by atoms with Crippen molar-refractivity contribution in [3.8, 4) is 5.88 Å². The van der Waals surface area contributed by atoms with Crippen LogP contribution in [0.2, 0.25) is 0 Å². The second kappa shape index (κ2) is 21.8. The lowest BCUT2D eigenvalue weighted by Gasteiger charge is -2.58. The fourth-order valence-electron chi connectivity index (χ4n) is 13.6. The Balaban J connectivity index is 0.806. The Morgan fingerprint density at radius 1 is 0.886 bits per heavy atom. The molecule has 7 heterocycles. The van der Waals surface area contributed by atoms with Crippen molar-refractivity contribution in [1.82, 2.24) is 19.6 Å². The van der Waals surface area contributed by atoms with Gasteiger partial charge in [-0.1, -0.05) is 44.2 Å². The summed E-state index contributed by atoms with van der Waals surface area (Å²) in [5.41, 5.74) is 6.22. The first kappa shape index (κ1) is 53.0. The van der Waals surface area contributed by atoms with Gasteiger partial charge in [0.25, 0.3) is 21.6 Å². The van der Waals surface area contributed by atoms with Crippen molar-refractivity contribution in [3.63, 3.8) is 0 Å². The van der Waals surface area contributed by atoms with E-state index in [1.165, 1.54) is 35.4 Å². The lowest BCUT2D eigenvalue weighted by atomic mass is 9.59. The van der Waals surface area contributed by atoms with Gasteiger partial charge in [-0.05, 0) is 165 Å². The lowest BCUT2D eigenvalue weighted by molar-refractivity contribution is -0.384. The Hall–Kier alpha value is -6.67. The number of nitro groups is 1. The highest BCUT2D eigenvalue weighted by Crippen LogP contribution is 2.55. The Bertz CT molecular complexity index is 3370. The highest BCUT2D eigenvalue weighted by atomic mass is 32.2. The number of aromatic nitrogens is 2. The topological polar surface area (TPSA) is 184 Å². The van der Waals surface area contributed by atoms with Crippen LogP contribution in [0.1, 0.15) is 111 Å². The van der Waals surface area contributed by atoms with Crippen molar-refractivity contribution >= 4 is 55.4 Å². The number of likely N-dealkylation sites (tertiary alicyclic amines) is 1. The van der Waals surface area contributed by atoms with Crippen LogP contribution >= 0.6 is 0 Å². The number of aromatic amines is 1. The first-order valence-corrected chi connectivity index (χ1v) is 29.5. The maximum Gasteiger partial charge on any atom is 0.293 e. The Kier molecular flexibility index (Phi) is 14.6. The summed E-state index contributed by atoms with van der Waals surface area (Å²) in [6.07, 6.45) is 10.3. The van der Waals surface area contributed by atoms with Gasteiger partial charge in [0, 0.05) is 74.9 Å². The molecule has 1 aliphatic carbocycles. The number of carbonyl (C=O) groups excluding carboxylic acids is 1. The normalized spacial score (nSPS) is 22.7. The van der Waals surface area contributed by atoms with E-state index >= 15 is 0 Å². The second-order valence-corrected chi connectivity index (χ2v) is 24.8. The van der Waals surface area contributed by atoms with Gasteiger partial charge in [0.05, 0.1) is 33.7 Å². The molecule has 0 unspecified atom stereocenters. The molecule has 5 aliphatic heterocycles. The van der Waals surface area contributed by atoms with Gasteiger partial charge in [-0.25, -0.2) is 21.9 Å². The van der Waals surface area contributed by atoms with Crippen LogP contribution in [0.3, 0.4) is 0 Å². The zero-order chi connectivity index (χ0) is 54.6. The molecule has 4 saturated heterocycles. The second-order valence-electron chi connectivity index (χ2n) is 23.1. The van der Waals surface area contributed by atoms with Gasteiger partial charge in [-0.3, -0.25) is 19.8 Å². The number of piperidine rings is 2. The van der Waals surface area contributed by atoms with Crippen molar-refractivity contribution < 1.29 is 41.1 Å². The number of fused-ring (bicyclic) bond motifs is 3. The summed E-state index contributed by atoms with van der Waals surface area (Å²) in [6.45, 7) is 9.43. The number of hydrogen-bond acceptors (Lipinski definition) is 13. The number of sulfonamides is 1. The predicted molar refractivity (Wildman–Crippen MR) is 298 cm³/mol. The van der Waals surface area contributed by atoms with Crippen LogP contribution in [0.25, 0.3) is 11.0 Å². The van der Waals surface area contributed by atoms with E-state index in [1.807, 2.05) is 24.3 Å². The summed E-state index contributed by atoms with van der Waals surface area (Å²) in [5.74, 6) is -1.21. The monoisotopic (exact) mass is 1100 g/mol. The number of hydrogen-bond donors (Lipinski definition) is 3. The molecule has 6 aromatic rings. The molecule has 0 bridgehead atoms. The molecule has 1 saturated carbocycles. The summed E-state index contributed by atoms with van der Waals surface area (Å²) in [6, 6.07) is 26.5. The highest BCUT2D eigenvalue weighted by Gasteiger charge is 2.50. The van der Waals surface area contributed by atoms with Gasteiger partial charge >= 0.3 is 0 Å². The van der Waals surface area contributed by atoms with E-state index in [9.17, 15) is 32.1 Å². The minimum Gasteiger partial charge on any atom is -0.468 e. The minimum absolute atomic E-state index is 0.0985. The molecule has 2 aromatic heterocycles. The average Bonchev–Trinajstić information content (AvgIpc) is 4.12. The molecule has 0 radical (unpaired) electrons. The van der Waals surface area contributed by atoms with Crippen LogP contribution < -0.4 is 24.6 Å². The van der Waals surface area contributed by atoms with Crippen molar-refractivity contribution in [2.45, 2.75) is 113 Å². The fourth-order valence-corrected chi connectivity index (χ4v) is 14.6. The minimum atomic E-state index is -4.63. The zero-order valence-corrected chi connectivity index (χ0v) is 45.5. The van der Waals surface area contributed by atoms with Crippen LogP contribution in [0, 0.1) is 39.0 Å². The van der Waals surface area contributed by atoms with E-state index < -0.39 is 49.2 Å². The van der Waals surface area contributed by atoms with E-state index in [4.69, 9.17) is 19.2 Å². The van der Waals surface area contributed by atoms with Gasteiger partial charge in [0.1, 0.15) is 23.1 Å². The summed E-state index contributed by atoms with van der Waals surface area (Å²) in [7, 11) is -4.63. The third-order valence-corrected chi connectivity index (χ3v) is 19.3. The number of pyridine rings is 1. The van der Waals surface area contributed by atoms with Gasteiger partial charge in [-0.15, -0.1) is 0 Å². The predicted octanol–water partition coefficient (Wildman–Crippen LogP) is 11.0. The number of anilines is 4. The number of nitrogens with one attached hydrogen (secondary N) is 3. The molecule has 416 valence electrons. The molecule has 19 heteroatoms. The van der Waals surface area contributed by atoms with E-state index in [-0.39, 0.29) is 41.3 Å². The van der Waals surface area contributed by atoms with Gasteiger partial charge in [0.2, 0.25) is 5.88 Å². The molecular weight excluding hydrogens is 1030 g/mol. The Labute approximate surface area is 459 Å². The number of nitrogens with zero attached hydrogens (tertiary/aromatic N) is 5. The van der Waals surface area contributed by atoms with E-state index in [1.54, 1.807) is 18.3 Å². The molecule has 12 rings (SSSR count). The SMILES string of the molecule is CC(C)c1ccccc1[C@@H]1C[C@H](Cc2ccc(F)c(F)c2)CCN1C1CC2(CCN(c3ccc(C(=O)NS(=O)(=O)c4ccc(NCC5CCOCC5)c([N+](=O)[O-])c4)c(N4c5cc6cc[nH]c6nc5O[C@H]5COCC[C@@H]54)c3)CC2)C1. The van der Waals surface area contributed by atoms with Crippen LogP contribution in [0.15, 0.2) is 102 Å². The summed E-state index contributed by atoms with van der Waals surface area (Å²) < 4.78 is 76.9. The van der Waals surface area contributed by atoms with Gasteiger partial charge < -0.3 is 34.3 Å². The molecule has 6 aliphatic rings. The van der Waals surface area contributed by atoms with Crippen molar-refractivity contribution in [2.24, 2.45) is 17.3 Å². The van der Waals surface area contributed by atoms with E-state index in [0.717, 1.165) is 93.7 Å². The molecule has 5 fully saturated rings. The number of rotatable bonds is 14. The number of H-pyrrole nitrogens is 1. The van der Waals surface area contributed by atoms with E-state index in [0.29, 0.717) is 80.0 Å². The molecule has 1 amide bonds. The summed E-state index contributed by atoms with van der Waals surface area (Å²) >= 11 is 0. The number of amides is 1. The summed E-state index contributed by atoms with van der Waals surface area (Å²) in [4.78, 5) is 41.3. The molecule has 3 N–H and O–H groups in total. The van der Waals surface area contributed by atoms with Crippen LogP contribution in [0.5, 0.6) is 5.88 Å². The molecule has 4 atom stereocenters. The first-order chi connectivity index (χ1) is 38.2. The highest BCUT2D eigenvalue weighted by molar-refractivity contribution is 7.90. The number of carbonyl (C=O) groups is 1. The van der Waals surface area contributed by atoms with Crippen molar-refractivity contribution in [2.75, 3.05) is 67.7 Å². The van der Waals surface area contributed by atoms with Crippen LogP contribution in [-0.2, 0) is 25.9 Å². The number of benzene rings is 4. The van der Waals surface area contributed by atoms with Gasteiger partial charge in [-0.2, -0.15) is 4.98 Å². The van der Waals surface area contributed by atoms with Crippen LogP contribution in [-0.4, -0.2) is 105 Å². The smallest absolute Gasteiger partial charge is 0.293 e. The standard InChI is InChI=1S/C60H68F2N8O8S/c1-37(2)45-5-3-4-6-46(45)52-29-40(27-39-7-11-48(61)49(62)28-39)14-21-68(52)43-33-60(34-43)18-22-67(23-19-60)42-8-10-47(53(31-42)69-51-17-26-77-36-56(51)78-59-55(69)30-41-13-20-63-57(41)65-59)58(71)66-79(74,75)44-9-12-50(54(32-44)70(72)73)64-35-38-15-24-76-25-16-38/h3-13,20,28,30-32,37-38,40,43,51-52,56,64H,14-19,21-27,29,33-36H2,1-2H3,(H,63,65)(H,66,71)/t40-,51-,52-,56-/m0/s1. The Morgan fingerprint density at radius 2 is 1.68 bits per heavy atom. The quantitative estimate of drug-likeness (QED) is 0.0692. The number of nitro benzene ring substituents is 1. The number of ether oxygens (including phenoxy) is 3. The summed E-state index contributed by atoms with van der Waals surface area (Å²) in [5, 5.41) is 16.3. The van der Waals surface area contributed by atoms with Gasteiger partial charge in [0.15, 0.2) is 11.6 Å². The molecule has 1 spiro atoms. The molecule has 16 nitrogen and oxygen atoms in total. The number of halogens is 2. The maximum absolute atomic E-state index is 14.8. The van der Waals surface area contributed by atoms with Crippen molar-refractivity contribution in [1.29, 1.82) is 0 Å². The molecule has 4 aromatic carbocycles. The zero-order valence-electron chi connectivity index (χ0n) is 44.7. The largest absolute Gasteiger partial charge is 0.468 e. The first-order valence-electron chi connectivity index (χ1n) is 28.1. The third kappa shape index (κ3) is 10.7.